The number of allylic oxidation sites excluding steroid dienone is 2. The van der Waals surface area contributed by atoms with Gasteiger partial charge in [-0.1, -0.05) is 32.1 Å². The van der Waals surface area contributed by atoms with Gasteiger partial charge in [0.05, 0.1) is 51.1 Å². The maximum atomic E-state index is 12.6. The third-order valence-electron chi connectivity index (χ3n) is 6.52. The molecule has 1 heterocycles. The van der Waals surface area contributed by atoms with Crippen LogP contribution in [-0.4, -0.2) is 89.4 Å². The van der Waals surface area contributed by atoms with Crippen molar-refractivity contribution in [1.29, 1.82) is 0 Å². The van der Waals surface area contributed by atoms with Gasteiger partial charge < -0.3 is 23.2 Å². The first kappa shape index (κ1) is 31.3. The minimum atomic E-state index is -3.92. The number of ketones is 2. The Balaban J connectivity index is 0.00000111. The Labute approximate surface area is 210 Å². The normalized spacial score (nSPS) is 18.3. The molecule has 0 aromatic rings. The van der Waals surface area contributed by atoms with Crippen molar-refractivity contribution in [1.82, 2.24) is 0 Å². The monoisotopic (exact) mass is 517 g/mol. The lowest BCUT2D eigenvalue weighted by molar-refractivity contribution is -0.917. The first-order valence-electron chi connectivity index (χ1n) is 12.4. The molecule has 0 saturated carbocycles. The average Bonchev–Trinajstić information content (AvgIpc) is 2.78. The lowest BCUT2D eigenvalue weighted by Crippen LogP contribution is -2.52. The van der Waals surface area contributed by atoms with E-state index in [1.54, 1.807) is 6.92 Å². The number of unbranched alkanes of at least 4 members (excludes halogenated alkanes) is 7. The summed E-state index contributed by atoms with van der Waals surface area (Å²) in [5, 5.41) is 0. The van der Waals surface area contributed by atoms with E-state index in [-0.39, 0.29) is 23.1 Å². The molecule has 2 rings (SSSR count). The molecule has 0 spiro atoms. The van der Waals surface area contributed by atoms with Crippen LogP contribution in [0.15, 0.2) is 22.7 Å². The molecule has 10 heteroatoms. The summed E-state index contributed by atoms with van der Waals surface area (Å²) in [6.45, 7) is 7.09. The van der Waals surface area contributed by atoms with E-state index in [1.807, 2.05) is 0 Å². The standard InChI is InChI=1S/C24H40NO5.CH4O3S/c1-19-20(22(27)24(29-4)23(28-3)21(19)26)13-11-9-7-5-6-8-10-12-14-25(2)15-17-30-18-16-25;1-5(2,3)4/h5-18H2,1-4H3;1H3,(H,2,3,4)/q+1;/p-1. The number of ether oxygens (including phenoxy) is 3. The molecule has 1 aliphatic heterocycles. The number of hydrogen-bond donors (Lipinski definition) is 0. The minimum absolute atomic E-state index is 0.0216. The van der Waals surface area contributed by atoms with Crippen molar-refractivity contribution in [2.24, 2.45) is 0 Å². The van der Waals surface area contributed by atoms with Crippen LogP contribution in [0.2, 0.25) is 0 Å². The molecule has 35 heavy (non-hydrogen) atoms. The van der Waals surface area contributed by atoms with Crippen molar-refractivity contribution < 1.29 is 41.3 Å². The quantitative estimate of drug-likeness (QED) is 0.158. The van der Waals surface area contributed by atoms with Crippen molar-refractivity contribution in [2.75, 3.05) is 60.4 Å². The van der Waals surface area contributed by atoms with Crippen molar-refractivity contribution in [2.45, 2.75) is 64.7 Å². The highest BCUT2D eigenvalue weighted by atomic mass is 32.2. The Morgan fingerprint density at radius 1 is 0.857 bits per heavy atom. The summed E-state index contributed by atoms with van der Waals surface area (Å²) >= 11 is 0. The number of carbonyl (C=O) groups is 2. The van der Waals surface area contributed by atoms with Gasteiger partial charge in [-0.15, -0.1) is 0 Å². The molecule has 0 aromatic carbocycles. The van der Waals surface area contributed by atoms with Gasteiger partial charge in [-0.2, -0.15) is 0 Å². The van der Waals surface area contributed by atoms with Crippen molar-refractivity contribution >= 4 is 21.7 Å². The van der Waals surface area contributed by atoms with Crippen LogP contribution in [0, 0.1) is 0 Å². The van der Waals surface area contributed by atoms with Crippen LogP contribution in [0.3, 0.4) is 0 Å². The third kappa shape index (κ3) is 11.7. The van der Waals surface area contributed by atoms with Gasteiger partial charge in [0, 0.05) is 17.4 Å². The highest BCUT2D eigenvalue weighted by Gasteiger charge is 2.34. The molecule has 0 radical (unpaired) electrons. The predicted octanol–water partition coefficient (Wildman–Crippen LogP) is 3.11. The number of hydrogen-bond acceptors (Lipinski definition) is 8. The zero-order chi connectivity index (χ0) is 26.5. The number of likely N-dealkylation sites (N-methyl/N-ethyl adjacent to an activating group) is 1. The zero-order valence-corrected chi connectivity index (χ0v) is 22.8. The fraction of sp³-hybridized carbons (Fsp3) is 0.760. The van der Waals surface area contributed by atoms with Gasteiger partial charge in [-0.3, -0.25) is 9.59 Å². The van der Waals surface area contributed by atoms with Crippen LogP contribution >= 0.6 is 0 Å². The number of rotatable bonds is 13. The van der Waals surface area contributed by atoms with E-state index in [2.05, 4.69) is 7.05 Å². The van der Waals surface area contributed by atoms with E-state index in [0.29, 0.717) is 23.8 Å². The summed E-state index contributed by atoms with van der Waals surface area (Å²) < 4.78 is 44.1. The summed E-state index contributed by atoms with van der Waals surface area (Å²) in [6.07, 6.45) is 10.8. The van der Waals surface area contributed by atoms with Gasteiger partial charge in [0.2, 0.25) is 23.1 Å². The van der Waals surface area contributed by atoms with Gasteiger partial charge >= 0.3 is 0 Å². The zero-order valence-electron chi connectivity index (χ0n) is 22.0. The predicted molar refractivity (Wildman–Crippen MR) is 133 cm³/mol. The number of methoxy groups -OCH3 is 2. The third-order valence-corrected chi connectivity index (χ3v) is 6.52. The first-order chi connectivity index (χ1) is 16.4. The molecule has 0 atom stereocenters. The second kappa shape index (κ2) is 15.4. The van der Waals surface area contributed by atoms with E-state index < -0.39 is 10.1 Å². The largest absolute Gasteiger partial charge is 0.748 e. The Morgan fingerprint density at radius 2 is 1.29 bits per heavy atom. The molecule has 0 N–H and O–H groups in total. The molecule has 1 fully saturated rings. The second-order valence-corrected chi connectivity index (χ2v) is 10.9. The van der Waals surface area contributed by atoms with Gasteiger partial charge in [0.15, 0.2) is 0 Å². The van der Waals surface area contributed by atoms with Crippen LogP contribution < -0.4 is 0 Å². The first-order valence-corrected chi connectivity index (χ1v) is 14.2. The van der Waals surface area contributed by atoms with Crippen molar-refractivity contribution in [3.63, 3.8) is 0 Å². The van der Waals surface area contributed by atoms with Gasteiger partial charge in [-0.05, 0) is 32.6 Å². The van der Waals surface area contributed by atoms with E-state index in [4.69, 9.17) is 27.2 Å². The summed E-state index contributed by atoms with van der Waals surface area (Å²) in [7, 11) is 1.23. The lowest BCUT2D eigenvalue weighted by Gasteiger charge is -2.37. The molecule has 0 aromatic heterocycles. The highest BCUT2D eigenvalue weighted by molar-refractivity contribution is 7.84. The van der Waals surface area contributed by atoms with Crippen LogP contribution in [0.25, 0.3) is 0 Å². The van der Waals surface area contributed by atoms with Crippen LogP contribution in [0.4, 0.5) is 0 Å². The Hall–Kier alpha value is -1.75. The number of Topliss-reactive ketones (excluding diaryl/α,β-unsaturated/α-hetero) is 2. The summed E-state index contributed by atoms with van der Waals surface area (Å²) in [4.78, 5) is 25.0. The van der Waals surface area contributed by atoms with Gasteiger partial charge in [-0.25, -0.2) is 8.42 Å². The molecular weight excluding hydrogens is 474 g/mol. The van der Waals surface area contributed by atoms with E-state index in [9.17, 15) is 9.59 Å². The number of nitrogens with zero attached hydrogens (tertiary/aromatic N) is 1. The molecule has 9 nitrogen and oxygen atoms in total. The molecule has 1 aliphatic carbocycles. The van der Waals surface area contributed by atoms with Gasteiger partial charge in [0.25, 0.3) is 0 Å². The maximum absolute atomic E-state index is 12.6. The molecule has 2 aliphatic rings. The summed E-state index contributed by atoms with van der Waals surface area (Å²) in [6, 6.07) is 0. The van der Waals surface area contributed by atoms with Crippen molar-refractivity contribution in [3.05, 3.63) is 22.7 Å². The Bertz CT molecular complexity index is 862. The topological polar surface area (TPSA) is 119 Å². The fourth-order valence-electron chi connectivity index (χ4n) is 4.36. The fourth-order valence-corrected chi connectivity index (χ4v) is 4.36. The lowest BCUT2D eigenvalue weighted by atomic mass is 9.89. The number of quaternary nitrogens is 1. The molecule has 202 valence electrons. The van der Waals surface area contributed by atoms with E-state index in [0.717, 1.165) is 39.1 Å². The Kier molecular flexibility index (Phi) is 13.7. The summed E-state index contributed by atoms with van der Waals surface area (Å²) in [5.74, 6) is -0.384. The maximum Gasteiger partial charge on any atom is 0.228 e. The smallest absolute Gasteiger partial charge is 0.228 e. The molecule has 0 amide bonds. The second-order valence-electron chi connectivity index (χ2n) is 9.51. The number of carbonyl (C=O) groups excluding carboxylic acids is 2. The molecule has 0 unspecified atom stereocenters. The van der Waals surface area contributed by atoms with E-state index in [1.165, 1.54) is 63.8 Å². The van der Waals surface area contributed by atoms with Crippen LogP contribution in [0.5, 0.6) is 0 Å². The SMILES string of the molecule is COC1=C(OC)C(=O)C(CCCCCCCCCC[N+]2(C)CCOCC2)=C(C)C1=O.CS(=O)(=O)[O-]. The molecule has 1 saturated heterocycles. The number of morpholine rings is 1. The van der Waals surface area contributed by atoms with Crippen LogP contribution in [-0.2, 0) is 33.9 Å². The molecule has 0 bridgehead atoms. The van der Waals surface area contributed by atoms with Crippen molar-refractivity contribution in [3.8, 4) is 0 Å². The highest BCUT2D eigenvalue weighted by Crippen LogP contribution is 2.28. The van der Waals surface area contributed by atoms with E-state index >= 15 is 0 Å². The van der Waals surface area contributed by atoms with Crippen LogP contribution in [0.1, 0.15) is 64.7 Å². The summed E-state index contributed by atoms with van der Waals surface area (Å²) in [5.41, 5.74) is 1.08. The average molecular weight is 518 g/mol. The minimum Gasteiger partial charge on any atom is -0.748 e. The molecular formula is C25H43NO8S. The Morgan fingerprint density at radius 3 is 1.77 bits per heavy atom. The van der Waals surface area contributed by atoms with Gasteiger partial charge in [0.1, 0.15) is 13.1 Å².